The summed E-state index contributed by atoms with van der Waals surface area (Å²) < 4.78 is 143. The van der Waals surface area contributed by atoms with E-state index in [0.29, 0.717) is 5.56 Å². The van der Waals surface area contributed by atoms with E-state index in [9.17, 15) is 4.11 Å². The fourth-order valence-corrected chi connectivity index (χ4v) is 5.93. The van der Waals surface area contributed by atoms with Crippen LogP contribution in [0.4, 0.5) is 0 Å². The van der Waals surface area contributed by atoms with Gasteiger partial charge in [-0.1, -0.05) is 135 Å². The molecule has 0 N–H and O–H groups in total. The minimum absolute atomic E-state index is 0.00412. The van der Waals surface area contributed by atoms with Crippen molar-refractivity contribution in [3.8, 4) is 44.5 Å². The molecule has 40 heavy (non-hydrogen) atoms. The van der Waals surface area contributed by atoms with E-state index in [2.05, 4.69) is 0 Å². The van der Waals surface area contributed by atoms with E-state index in [4.69, 9.17) is 17.8 Å². The zero-order chi connectivity index (χ0) is 40.5. The second-order valence-electron chi connectivity index (χ2n) is 10.1. The summed E-state index contributed by atoms with van der Waals surface area (Å²) in [6.07, 6.45) is 0. The summed E-state index contributed by atoms with van der Waals surface area (Å²) >= 11 is 0. The van der Waals surface area contributed by atoms with Gasteiger partial charge in [0.25, 0.3) is 0 Å². The highest BCUT2D eigenvalue weighted by atomic mass is 14.4. The Morgan fingerprint density at radius 2 is 1.18 bits per heavy atom. The van der Waals surface area contributed by atoms with Gasteiger partial charge in [0, 0.05) is 19.6 Å². The third-order valence-electron chi connectivity index (χ3n) is 7.76. The fourth-order valence-electron chi connectivity index (χ4n) is 5.93. The molecule has 190 valence electrons. The molecule has 0 heterocycles. The highest BCUT2D eigenvalue weighted by Gasteiger charge is 2.39. The van der Waals surface area contributed by atoms with Crippen LogP contribution in [-0.4, -0.2) is 0 Å². The van der Waals surface area contributed by atoms with Crippen molar-refractivity contribution in [2.45, 2.75) is 25.0 Å². The predicted molar refractivity (Wildman–Crippen MR) is 168 cm³/mol. The van der Waals surface area contributed by atoms with Crippen molar-refractivity contribution < 1.29 is 21.9 Å². The molecule has 0 nitrogen and oxygen atoms in total. The van der Waals surface area contributed by atoms with Crippen LogP contribution in [0, 0.1) is 0 Å². The second-order valence-corrected chi connectivity index (χ2v) is 10.1. The largest absolute Gasteiger partial charge is 0.0633 e. The first-order valence-corrected chi connectivity index (χ1v) is 12.9. The third kappa shape index (κ3) is 3.39. The Balaban J connectivity index is 1.60. The minimum atomic E-state index is -3.57. The molecule has 8 rings (SSSR count). The normalized spacial score (nSPS) is 22.1. The van der Waals surface area contributed by atoms with E-state index in [0.717, 1.165) is 22.3 Å². The van der Waals surface area contributed by atoms with Crippen LogP contribution in [0.1, 0.15) is 69.4 Å². The van der Waals surface area contributed by atoms with Crippen LogP contribution >= 0.6 is 0 Å². The molecule has 0 saturated heterocycles. The Kier molecular flexibility index (Phi) is 2.65. The smallest absolute Gasteiger partial charge is 0.0622 e. The maximum atomic E-state index is 9.93. The van der Waals surface area contributed by atoms with Gasteiger partial charge in [0.2, 0.25) is 0 Å². The molecule has 0 radical (unpaired) electrons. The molecule has 0 fully saturated rings. The topological polar surface area (TPSA) is 0 Å². The van der Waals surface area contributed by atoms with Crippen molar-refractivity contribution in [1.82, 2.24) is 0 Å². The molecule has 0 aromatic heterocycles. The molecule has 1 atom stereocenters. The molecule has 2 aliphatic carbocycles. The third-order valence-corrected chi connectivity index (χ3v) is 7.76. The van der Waals surface area contributed by atoms with Crippen LogP contribution in [0.15, 0.2) is 139 Å². The van der Waals surface area contributed by atoms with Gasteiger partial charge >= 0.3 is 0 Å². The lowest BCUT2D eigenvalue weighted by Gasteiger charge is -2.22. The van der Waals surface area contributed by atoms with Crippen molar-refractivity contribution in [1.29, 1.82) is 0 Å². The maximum Gasteiger partial charge on any atom is 0.0633 e. The van der Waals surface area contributed by atoms with Crippen molar-refractivity contribution in [3.63, 3.8) is 0 Å². The number of hydrogen-bond donors (Lipinski definition) is 0. The molecule has 6 aromatic rings. The van der Waals surface area contributed by atoms with Crippen LogP contribution in [0.25, 0.3) is 44.5 Å². The Hall–Kier alpha value is -4.68. The molecule has 0 spiro atoms. The van der Waals surface area contributed by atoms with Gasteiger partial charge in [0.15, 0.2) is 0 Å². The van der Waals surface area contributed by atoms with Crippen LogP contribution in [0.3, 0.4) is 0 Å². The molecule has 1 unspecified atom stereocenters. The van der Waals surface area contributed by atoms with Gasteiger partial charge in [-0.3, -0.25) is 0 Å². The molecule has 0 saturated carbocycles. The number of rotatable bonds is 3. The summed E-state index contributed by atoms with van der Waals surface area (Å²) in [6, 6.07) is 17.4. The molecule has 0 bridgehead atoms. The van der Waals surface area contributed by atoms with E-state index in [1.807, 2.05) is 78.9 Å². The number of hydrogen-bond acceptors (Lipinski definition) is 0. The molecular weight excluding hydrogens is 480 g/mol. The zero-order valence-corrected chi connectivity index (χ0v) is 21.1. The summed E-state index contributed by atoms with van der Waals surface area (Å²) in [6.45, 7) is -7.14. The molecule has 0 amide bonds. The summed E-state index contributed by atoms with van der Waals surface area (Å²) in [5.41, 5.74) is -2.66. The van der Waals surface area contributed by atoms with Crippen molar-refractivity contribution >= 4 is 0 Å². The highest BCUT2D eigenvalue weighted by molar-refractivity contribution is 5.90. The predicted octanol–water partition coefficient (Wildman–Crippen LogP) is 10.5. The van der Waals surface area contributed by atoms with Crippen LogP contribution in [0.2, 0.25) is 0 Å². The fraction of sp³-hybridized carbons (Fsp3) is 0.100. The van der Waals surface area contributed by atoms with Crippen molar-refractivity contribution in [3.05, 3.63) is 167 Å². The first kappa shape index (κ1) is 12.2. The Morgan fingerprint density at radius 1 is 0.550 bits per heavy atom. The first-order chi connectivity index (χ1) is 26.3. The molecule has 2 aliphatic rings. The van der Waals surface area contributed by atoms with Gasteiger partial charge in [-0.05, 0) is 90.5 Å². The molecule has 0 aliphatic heterocycles. The first-order valence-electron chi connectivity index (χ1n) is 20.9. The van der Waals surface area contributed by atoms with Gasteiger partial charge < -0.3 is 0 Å². The van der Waals surface area contributed by atoms with Crippen LogP contribution in [0.5, 0.6) is 0 Å². The molecule has 0 heteroatoms. The lowest BCUT2D eigenvalue weighted by molar-refractivity contribution is 0.660. The van der Waals surface area contributed by atoms with Gasteiger partial charge in [-0.2, -0.15) is 0 Å². The molecular formula is C40H30. The lowest BCUT2D eigenvalue weighted by Crippen LogP contribution is -2.15. The van der Waals surface area contributed by atoms with E-state index < -0.39 is 108 Å². The average Bonchev–Trinajstić information content (AvgIpc) is 3.72. The second kappa shape index (κ2) is 8.66. The summed E-state index contributed by atoms with van der Waals surface area (Å²) in [4.78, 5) is 0. The Labute approximate surface area is 259 Å². The Morgan fingerprint density at radius 3 is 1.85 bits per heavy atom. The standard InChI is InChI=1S/C40H30/c1-40(2)37-20-12-11-18-32(37)35-24-36-34(25-38(35)40)31-17-9-10-19-33(31)39(36)30-22-28(26-13-5-3-6-14-26)21-29(23-30)27-15-7-4-8-16-27/h3-25,39H,1-2H3/i1D3,2D3,9D,10D,11D,12D,17D,18D,19D,20D,24D,25D. The quantitative estimate of drug-likeness (QED) is 0.215. The van der Waals surface area contributed by atoms with E-state index in [-0.39, 0.29) is 22.3 Å². The SMILES string of the molecule is [2H]c1c([2H])c([2H])c2c(c1[2H])-c1c([2H])c3c(c([2H])c1C2c1cc(-c2ccccc2)cc(-c2ccccc2)c1)-c1c([2H])c([2H])c([2H])c([2H])c1C3(C([2H])([2H])[2H])C([2H])([2H])[2H]. The van der Waals surface area contributed by atoms with Crippen molar-refractivity contribution in [2.75, 3.05) is 0 Å². The summed E-state index contributed by atoms with van der Waals surface area (Å²) in [7, 11) is 0. The van der Waals surface area contributed by atoms with Crippen LogP contribution < -0.4 is 0 Å². The van der Waals surface area contributed by atoms with Gasteiger partial charge in [-0.15, -0.1) is 0 Å². The molecule has 6 aromatic carbocycles. The van der Waals surface area contributed by atoms with Crippen molar-refractivity contribution in [2.24, 2.45) is 0 Å². The van der Waals surface area contributed by atoms with Gasteiger partial charge in [-0.25, -0.2) is 0 Å². The Bertz CT molecular complexity index is 2590. The number of benzene rings is 6. The summed E-state index contributed by atoms with van der Waals surface area (Å²) in [5, 5.41) is 0. The van der Waals surface area contributed by atoms with Gasteiger partial charge in [0.05, 0.1) is 13.7 Å². The summed E-state index contributed by atoms with van der Waals surface area (Å²) in [5.74, 6) is -1.19. The highest BCUT2D eigenvalue weighted by Crippen LogP contribution is 2.55. The minimum Gasteiger partial charge on any atom is -0.0622 e. The average molecular weight is 527 g/mol. The van der Waals surface area contributed by atoms with Gasteiger partial charge in [0.1, 0.15) is 0 Å². The van der Waals surface area contributed by atoms with E-state index in [1.54, 1.807) is 0 Å². The number of fused-ring (bicyclic) bond motifs is 6. The maximum absolute atomic E-state index is 9.93. The van der Waals surface area contributed by atoms with E-state index in [1.165, 1.54) is 0 Å². The zero-order valence-electron chi connectivity index (χ0n) is 37.1. The monoisotopic (exact) mass is 526 g/mol. The van der Waals surface area contributed by atoms with Crippen LogP contribution in [-0.2, 0) is 5.41 Å². The lowest BCUT2D eigenvalue weighted by atomic mass is 9.80. The van der Waals surface area contributed by atoms with E-state index >= 15 is 0 Å².